The summed E-state index contributed by atoms with van der Waals surface area (Å²) in [5.74, 6) is -1.07. The Kier molecular flexibility index (Phi) is 11.1. The maximum Gasteiger partial charge on any atom is 0.407 e. The number of piperazine rings is 2. The zero-order chi connectivity index (χ0) is 38.6. The zero-order valence-electron chi connectivity index (χ0n) is 29.5. The molecule has 4 aliphatic rings. The number of carboxylic acid groups (broad SMARTS) is 2. The highest BCUT2D eigenvalue weighted by Gasteiger charge is 2.66. The van der Waals surface area contributed by atoms with Crippen molar-refractivity contribution < 1.29 is 38.9 Å². The largest absolute Gasteiger partial charge is 0.465 e. The Morgan fingerprint density at radius 1 is 0.759 bits per heavy atom. The second kappa shape index (κ2) is 15.9. The number of guanidine groups is 2. The van der Waals surface area contributed by atoms with Crippen LogP contribution in [0.2, 0.25) is 0 Å². The maximum atomic E-state index is 13.5. The Morgan fingerprint density at radius 3 is 1.76 bits per heavy atom. The molecule has 2 aromatic carbocycles. The summed E-state index contributed by atoms with van der Waals surface area (Å²) in [5, 5.41) is 46.7. The normalized spacial score (nSPS) is 25.0. The predicted octanol–water partition coefficient (Wildman–Crippen LogP) is 0.919. The van der Waals surface area contributed by atoms with Crippen LogP contribution in [0.25, 0.3) is 0 Å². The summed E-state index contributed by atoms with van der Waals surface area (Å²) >= 11 is 0. The van der Waals surface area contributed by atoms with Gasteiger partial charge < -0.3 is 67.1 Å². The fourth-order valence-corrected chi connectivity index (χ4v) is 8.00. The monoisotopic (exact) mass is 750 g/mol. The van der Waals surface area contributed by atoms with Gasteiger partial charge in [-0.25, -0.2) is 19.2 Å². The molecule has 5 atom stereocenters. The highest BCUT2D eigenvalue weighted by Crippen LogP contribution is 2.49. The minimum atomic E-state index is -1.30. The Balaban J connectivity index is 1.18. The van der Waals surface area contributed by atoms with Gasteiger partial charge in [0, 0.05) is 69.7 Å². The highest BCUT2D eigenvalue weighted by molar-refractivity contribution is 5.90. The molecular formula is C34H46N12O8. The second-order valence-electron chi connectivity index (χ2n) is 13.6. The van der Waals surface area contributed by atoms with Crippen LogP contribution in [0, 0.1) is 16.7 Å². The Labute approximate surface area is 310 Å². The van der Waals surface area contributed by atoms with Gasteiger partial charge in [-0.1, -0.05) is 24.3 Å². The van der Waals surface area contributed by atoms with E-state index in [4.69, 9.17) is 31.8 Å². The molecule has 0 radical (unpaired) electrons. The molecule has 2 aromatic rings. The molecule has 0 aliphatic carbocycles. The number of hydrogen-bond acceptors (Lipinski definition) is 8. The van der Waals surface area contributed by atoms with Crippen LogP contribution >= 0.6 is 0 Å². The minimum Gasteiger partial charge on any atom is -0.465 e. The van der Waals surface area contributed by atoms with E-state index in [1.54, 1.807) is 53.4 Å². The van der Waals surface area contributed by atoms with Gasteiger partial charge in [-0.05, 0) is 41.8 Å². The third kappa shape index (κ3) is 7.98. The second-order valence-corrected chi connectivity index (χ2v) is 13.6. The van der Waals surface area contributed by atoms with E-state index in [9.17, 15) is 29.4 Å². The van der Waals surface area contributed by atoms with Gasteiger partial charge in [-0.2, -0.15) is 0 Å². The minimum absolute atomic E-state index is 0.00296. The summed E-state index contributed by atoms with van der Waals surface area (Å²) in [6, 6.07) is 11.5. The van der Waals surface area contributed by atoms with Gasteiger partial charge in [-0.15, -0.1) is 0 Å². The number of carbonyl (C=O) groups is 4. The molecule has 0 spiro atoms. The van der Waals surface area contributed by atoms with Gasteiger partial charge in [0.1, 0.15) is 5.60 Å². The highest BCUT2D eigenvalue weighted by atomic mass is 16.6. The SMILES string of the molecule is N=C(N)Nc1ccc(CNC(=O)N2CCN(C(=O)O)C(C3CO[C@@H]4CCO[C@@]34C3CN(C(=O)NCc4ccc(NC(=N)N)cc4)CCN3C(=O)O)C2)cc1. The van der Waals surface area contributed by atoms with Crippen molar-refractivity contribution >= 4 is 47.5 Å². The molecule has 0 saturated carbocycles. The van der Waals surface area contributed by atoms with Crippen LogP contribution in [-0.2, 0) is 22.6 Å². The van der Waals surface area contributed by atoms with Crippen molar-refractivity contribution in [1.29, 1.82) is 10.8 Å². The number of nitrogens with one attached hydrogen (secondary N) is 6. The van der Waals surface area contributed by atoms with Gasteiger partial charge >= 0.3 is 24.2 Å². The summed E-state index contributed by atoms with van der Waals surface area (Å²) < 4.78 is 12.8. The molecule has 20 heteroatoms. The van der Waals surface area contributed by atoms with Crippen LogP contribution in [0.15, 0.2) is 48.5 Å². The molecule has 4 saturated heterocycles. The number of rotatable bonds is 8. The Morgan fingerprint density at radius 2 is 1.26 bits per heavy atom. The van der Waals surface area contributed by atoms with Crippen LogP contribution in [0.1, 0.15) is 17.5 Å². The number of nitrogens with zero attached hydrogens (tertiary/aromatic N) is 4. The van der Waals surface area contributed by atoms with Crippen molar-refractivity contribution in [3.63, 3.8) is 0 Å². The number of nitrogens with two attached hydrogens (primary N) is 2. The van der Waals surface area contributed by atoms with Gasteiger partial charge in [-0.3, -0.25) is 15.7 Å². The van der Waals surface area contributed by atoms with E-state index in [0.29, 0.717) is 17.8 Å². The van der Waals surface area contributed by atoms with Crippen LogP contribution in [0.5, 0.6) is 0 Å². The lowest BCUT2D eigenvalue weighted by atomic mass is 9.73. The molecule has 0 bridgehead atoms. The van der Waals surface area contributed by atoms with Crippen LogP contribution < -0.4 is 32.7 Å². The van der Waals surface area contributed by atoms with Crippen molar-refractivity contribution in [2.24, 2.45) is 17.4 Å². The summed E-state index contributed by atoms with van der Waals surface area (Å²) in [5.41, 5.74) is 12.3. The summed E-state index contributed by atoms with van der Waals surface area (Å²) in [6.45, 7) is 0.954. The van der Waals surface area contributed by atoms with E-state index in [1.807, 2.05) is 0 Å². The summed E-state index contributed by atoms with van der Waals surface area (Å²) in [7, 11) is 0. The van der Waals surface area contributed by atoms with Gasteiger partial charge in [0.05, 0.1) is 31.4 Å². The van der Waals surface area contributed by atoms with Crippen molar-refractivity contribution in [3.8, 4) is 0 Å². The molecule has 12 N–H and O–H groups in total. The fraction of sp³-hybridized carbons (Fsp3) is 0.471. The fourth-order valence-electron chi connectivity index (χ4n) is 8.00. The van der Waals surface area contributed by atoms with Crippen molar-refractivity contribution in [1.82, 2.24) is 30.2 Å². The summed E-state index contributed by atoms with van der Waals surface area (Å²) in [6.07, 6.45) is -2.50. The topological polar surface area (TPSA) is 288 Å². The number of fused-ring (bicyclic) bond motifs is 1. The first kappa shape index (κ1) is 37.7. The first-order valence-electron chi connectivity index (χ1n) is 17.6. The third-order valence-corrected chi connectivity index (χ3v) is 10.5. The molecule has 6 amide bonds. The maximum absolute atomic E-state index is 13.5. The molecule has 4 fully saturated rings. The predicted molar refractivity (Wildman–Crippen MR) is 195 cm³/mol. The number of hydrogen-bond donors (Lipinski definition) is 10. The molecule has 4 aliphatic heterocycles. The lowest BCUT2D eigenvalue weighted by Gasteiger charge is -2.52. The van der Waals surface area contributed by atoms with Crippen molar-refractivity contribution in [2.45, 2.75) is 43.3 Å². The van der Waals surface area contributed by atoms with E-state index in [-0.39, 0.29) is 77.5 Å². The lowest BCUT2D eigenvalue weighted by Crippen LogP contribution is -2.72. The molecule has 6 rings (SSSR count). The number of amides is 6. The van der Waals surface area contributed by atoms with E-state index < -0.39 is 54.0 Å². The number of anilines is 2. The van der Waals surface area contributed by atoms with Gasteiger partial charge in [0.2, 0.25) is 0 Å². The average molecular weight is 751 g/mol. The molecule has 54 heavy (non-hydrogen) atoms. The van der Waals surface area contributed by atoms with E-state index in [1.165, 1.54) is 14.7 Å². The Bertz CT molecular complexity index is 1750. The number of ether oxygens (including phenoxy) is 2. The van der Waals surface area contributed by atoms with Crippen LogP contribution in [-0.4, -0.2) is 142 Å². The molecule has 290 valence electrons. The number of urea groups is 2. The molecular weight excluding hydrogens is 704 g/mol. The quantitative estimate of drug-likeness (QED) is 0.133. The van der Waals surface area contributed by atoms with Crippen molar-refractivity contribution in [2.75, 3.05) is 63.1 Å². The van der Waals surface area contributed by atoms with Gasteiger partial charge in [0.25, 0.3) is 0 Å². The first-order chi connectivity index (χ1) is 25.8. The van der Waals surface area contributed by atoms with Crippen LogP contribution in [0.4, 0.5) is 30.6 Å². The average Bonchev–Trinajstić information content (AvgIpc) is 3.73. The third-order valence-electron chi connectivity index (χ3n) is 10.5. The van der Waals surface area contributed by atoms with Crippen LogP contribution in [0.3, 0.4) is 0 Å². The zero-order valence-corrected chi connectivity index (χ0v) is 29.5. The van der Waals surface area contributed by atoms with Crippen molar-refractivity contribution in [3.05, 3.63) is 59.7 Å². The van der Waals surface area contributed by atoms with E-state index >= 15 is 0 Å². The van der Waals surface area contributed by atoms with Gasteiger partial charge in [0.15, 0.2) is 11.9 Å². The Hall–Kier alpha value is -6.02. The number of benzene rings is 2. The standard InChI is InChI=1S/C34H46N12O8/c35-28(36)41-22-5-1-20(2-6-22)15-39-30(47)43-10-12-45(32(49)50)25(17-43)24-19-53-27-9-14-54-34(24,27)26-18-44(11-13-46(26)33(51)52)31(48)40-16-21-3-7-23(8-4-21)42-29(37)38/h1-8,24-27H,9-19H2,(H,39,47)(H,40,48)(H,49,50)(H,51,52)(H4,35,36,41)(H4,37,38,42)/t24?,25?,26?,27-,34-/m1/s1. The molecule has 0 aromatic heterocycles. The first-order valence-corrected chi connectivity index (χ1v) is 17.6. The van der Waals surface area contributed by atoms with E-state index in [2.05, 4.69) is 21.3 Å². The number of carbonyl (C=O) groups excluding carboxylic acids is 2. The molecule has 4 heterocycles. The lowest BCUT2D eigenvalue weighted by molar-refractivity contribution is -0.127. The molecule has 20 nitrogen and oxygen atoms in total. The summed E-state index contributed by atoms with van der Waals surface area (Å²) in [4.78, 5) is 58.1. The van der Waals surface area contributed by atoms with E-state index in [0.717, 1.165) is 11.1 Å². The smallest absolute Gasteiger partial charge is 0.407 e. The molecule has 3 unspecified atom stereocenters.